The van der Waals surface area contributed by atoms with Crippen LogP contribution in [0.5, 0.6) is 0 Å². The lowest BCUT2D eigenvalue weighted by molar-refractivity contribution is -0.124. The molecule has 0 spiro atoms. The van der Waals surface area contributed by atoms with Gasteiger partial charge in [0.1, 0.15) is 11.9 Å². The molecule has 0 bridgehead atoms. The van der Waals surface area contributed by atoms with Gasteiger partial charge in [0.15, 0.2) is 5.82 Å². The van der Waals surface area contributed by atoms with Crippen LogP contribution in [0.1, 0.15) is 18.6 Å². The third kappa shape index (κ3) is 1.93. The Balaban J connectivity index is 1.93. The number of hydrogen-bond donors (Lipinski definition) is 1. The van der Waals surface area contributed by atoms with Crippen molar-refractivity contribution in [2.45, 2.75) is 25.9 Å². The predicted molar refractivity (Wildman–Crippen MR) is 48.8 cm³/mol. The lowest BCUT2D eigenvalue weighted by Gasteiger charge is -2.07. The first-order valence-corrected chi connectivity index (χ1v) is 4.61. The molecule has 0 saturated carbocycles. The van der Waals surface area contributed by atoms with E-state index in [4.69, 9.17) is 9.26 Å². The average Bonchev–Trinajstić information content (AvgIpc) is 2.75. The molecule has 1 aromatic rings. The molecule has 1 aliphatic heterocycles. The Labute approximate surface area is 81.4 Å². The number of amides is 1. The normalized spacial score (nSPS) is 21.1. The number of carbonyl (C=O) groups is 1. The van der Waals surface area contributed by atoms with Crippen molar-refractivity contribution in [2.75, 3.05) is 11.9 Å². The second-order valence-electron chi connectivity index (χ2n) is 3.31. The van der Waals surface area contributed by atoms with Crippen LogP contribution in [0.2, 0.25) is 0 Å². The van der Waals surface area contributed by atoms with Gasteiger partial charge in [0.25, 0.3) is 5.91 Å². The highest BCUT2D eigenvalue weighted by atomic mass is 16.5. The SMILES string of the molecule is Cc1cc(NC(=O)[C@@H]2CCCO2)no1. The van der Waals surface area contributed by atoms with E-state index in [1.807, 2.05) is 0 Å². The van der Waals surface area contributed by atoms with Crippen molar-refractivity contribution in [1.82, 2.24) is 5.16 Å². The minimum Gasteiger partial charge on any atom is -0.368 e. The number of hydrogen-bond acceptors (Lipinski definition) is 4. The topological polar surface area (TPSA) is 64.4 Å². The van der Waals surface area contributed by atoms with Crippen molar-refractivity contribution in [3.63, 3.8) is 0 Å². The van der Waals surface area contributed by atoms with Gasteiger partial charge in [-0.15, -0.1) is 0 Å². The van der Waals surface area contributed by atoms with Gasteiger partial charge in [-0.3, -0.25) is 4.79 Å². The second-order valence-corrected chi connectivity index (χ2v) is 3.31. The summed E-state index contributed by atoms with van der Waals surface area (Å²) in [6.45, 7) is 2.44. The summed E-state index contributed by atoms with van der Waals surface area (Å²) in [6.07, 6.45) is 1.39. The van der Waals surface area contributed by atoms with E-state index in [-0.39, 0.29) is 12.0 Å². The molecule has 0 unspecified atom stereocenters. The molecular formula is C9H12N2O3. The molecule has 2 rings (SSSR count). The number of nitrogens with one attached hydrogen (secondary N) is 1. The van der Waals surface area contributed by atoms with Crippen LogP contribution in [-0.4, -0.2) is 23.8 Å². The number of ether oxygens (including phenoxy) is 1. The third-order valence-electron chi connectivity index (χ3n) is 2.10. The Morgan fingerprint density at radius 2 is 2.57 bits per heavy atom. The summed E-state index contributed by atoms with van der Waals surface area (Å²) in [6, 6.07) is 1.67. The highest BCUT2D eigenvalue weighted by Crippen LogP contribution is 2.14. The maximum atomic E-state index is 11.5. The fourth-order valence-electron chi connectivity index (χ4n) is 1.42. The summed E-state index contributed by atoms with van der Waals surface area (Å²) >= 11 is 0. The molecule has 1 aliphatic rings. The summed E-state index contributed by atoms with van der Waals surface area (Å²) < 4.78 is 10.0. The predicted octanol–water partition coefficient (Wildman–Crippen LogP) is 1.10. The average molecular weight is 196 g/mol. The quantitative estimate of drug-likeness (QED) is 0.769. The smallest absolute Gasteiger partial charge is 0.254 e. The highest BCUT2D eigenvalue weighted by molar-refractivity contribution is 5.93. The minimum absolute atomic E-state index is 0.143. The number of carbonyl (C=O) groups excluding carboxylic acids is 1. The van der Waals surface area contributed by atoms with E-state index >= 15 is 0 Å². The Bertz CT molecular complexity index is 329. The zero-order valence-electron chi connectivity index (χ0n) is 7.95. The summed E-state index contributed by atoms with van der Waals surface area (Å²) in [7, 11) is 0. The first-order chi connectivity index (χ1) is 6.75. The molecule has 1 saturated heterocycles. The molecule has 1 atom stereocenters. The van der Waals surface area contributed by atoms with Gasteiger partial charge in [-0.05, 0) is 19.8 Å². The molecule has 5 nitrogen and oxygen atoms in total. The van der Waals surface area contributed by atoms with E-state index in [2.05, 4.69) is 10.5 Å². The Kier molecular flexibility index (Phi) is 2.49. The Morgan fingerprint density at radius 3 is 3.14 bits per heavy atom. The molecule has 0 radical (unpaired) electrons. The van der Waals surface area contributed by atoms with Crippen LogP contribution in [0.15, 0.2) is 10.6 Å². The van der Waals surface area contributed by atoms with Gasteiger partial charge in [0.2, 0.25) is 0 Å². The lowest BCUT2D eigenvalue weighted by Crippen LogP contribution is -2.26. The van der Waals surface area contributed by atoms with E-state index in [1.54, 1.807) is 13.0 Å². The molecule has 1 amide bonds. The minimum atomic E-state index is -0.327. The Morgan fingerprint density at radius 1 is 1.71 bits per heavy atom. The first-order valence-electron chi connectivity index (χ1n) is 4.61. The standard InChI is InChI=1S/C9H12N2O3/c1-6-5-8(11-14-6)10-9(12)7-3-2-4-13-7/h5,7H,2-4H2,1H3,(H,10,11,12)/t7-/m0/s1. The maximum absolute atomic E-state index is 11.5. The van der Waals surface area contributed by atoms with Crippen LogP contribution < -0.4 is 5.32 Å². The van der Waals surface area contributed by atoms with Crippen LogP contribution >= 0.6 is 0 Å². The van der Waals surface area contributed by atoms with E-state index < -0.39 is 0 Å². The van der Waals surface area contributed by atoms with Crippen LogP contribution in [0.25, 0.3) is 0 Å². The number of aromatic nitrogens is 1. The van der Waals surface area contributed by atoms with Gasteiger partial charge < -0.3 is 14.6 Å². The van der Waals surface area contributed by atoms with Crippen molar-refractivity contribution >= 4 is 11.7 Å². The van der Waals surface area contributed by atoms with Gasteiger partial charge in [0, 0.05) is 12.7 Å². The zero-order chi connectivity index (χ0) is 9.97. The van der Waals surface area contributed by atoms with E-state index in [9.17, 15) is 4.79 Å². The fraction of sp³-hybridized carbons (Fsp3) is 0.556. The van der Waals surface area contributed by atoms with Crippen LogP contribution in [0.4, 0.5) is 5.82 Å². The maximum Gasteiger partial charge on any atom is 0.254 e. The molecule has 1 N–H and O–H groups in total. The molecule has 76 valence electrons. The Hall–Kier alpha value is -1.36. The molecule has 0 aliphatic carbocycles. The number of nitrogens with zero attached hydrogens (tertiary/aromatic N) is 1. The molecule has 2 heterocycles. The number of rotatable bonds is 2. The second kappa shape index (κ2) is 3.79. The van der Waals surface area contributed by atoms with Crippen molar-refractivity contribution in [2.24, 2.45) is 0 Å². The summed E-state index contributed by atoms with van der Waals surface area (Å²) in [5.74, 6) is 0.978. The molecule has 0 aromatic carbocycles. The van der Waals surface area contributed by atoms with Crippen molar-refractivity contribution < 1.29 is 14.1 Å². The first kappa shape index (κ1) is 9.21. The molecule has 5 heteroatoms. The van der Waals surface area contributed by atoms with E-state index in [0.29, 0.717) is 18.2 Å². The number of aryl methyl sites for hydroxylation is 1. The van der Waals surface area contributed by atoms with Gasteiger partial charge >= 0.3 is 0 Å². The number of anilines is 1. The monoisotopic (exact) mass is 196 g/mol. The van der Waals surface area contributed by atoms with Crippen LogP contribution in [0, 0.1) is 6.92 Å². The molecule has 1 aromatic heterocycles. The molecule has 1 fully saturated rings. The van der Waals surface area contributed by atoms with Crippen LogP contribution in [0.3, 0.4) is 0 Å². The zero-order valence-corrected chi connectivity index (χ0v) is 7.95. The largest absolute Gasteiger partial charge is 0.368 e. The van der Waals surface area contributed by atoms with E-state index in [0.717, 1.165) is 12.8 Å². The summed E-state index contributed by atoms with van der Waals surface area (Å²) in [5, 5.41) is 6.30. The third-order valence-corrected chi connectivity index (χ3v) is 2.10. The van der Waals surface area contributed by atoms with E-state index in [1.165, 1.54) is 0 Å². The molecular weight excluding hydrogens is 184 g/mol. The van der Waals surface area contributed by atoms with Gasteiger partial charge in [-0.25, -0.2) is 0 Å². The summed E-state index contributed by atoms with van der Waals surface area (Å²) in [4.78, 5) is 11.5. The van der Waals surface area contributed by atoms with Crippen LogP contribution in [-0.2, 0) is 9.53 Å². The fourth-order valence-corrected chi connectivity index (χ4v) is 1.42. The van der Waals surface area contributed by atoms with Gasteiger partial charge in [-0.2, -0.15) is 0 Å². The van der Waals surface area contributed by atoms with Crippen molar-refractivity contribution in [1.29, 1.82) is 0 Å². The summed E-state index contributed by atoms with van der Waals surface area (Å²) in [5.41, 5.74) is 0. The highest BCUT2D eigenvalue weighted by Gasteiger charge is 2.24. The lowest BCUT2D eigenvalue weighted by atomic mass is 10.2. The van der Waals surface area contributed by atoms with Crippen molar-refractivity contribution in [3.8, 4) is 0 Å². The van der Waals surface area contributed by atoms with Gasteiger partial charge in [0.05, 0.1) is 0 Å². The van der Waals surface area contributed by atoms with Crippen molar-refractivity contribution in [3.05, 3.63) is 11.8 Å². The molecule has 14 heavy (non-hydrogen) atoms. The van der Waals surface area contributed by atoms with Gasteiger partial charge in [-0.1, -0.05) is 5.16 Å².